The summed E-state index contributed by atoms with van der Waals surface area (Å²) in [5, 5.41) is 8.82. The molecule has 2 aromatic heterocycles. The number of aryl methyl sites for hydroxylation is 2. The molecule has 0 saturated carbocycles. The number of alkyl halides is 1. The molecular formula is C22H27FN6. The number of hydrogen-bond donors (Lipinski definition) is 1. The van der Waals surface area contributed by atoms with Crippen LogP contribution in [0.25, 0.3) is 16.7 Å². The molecule has 7 heteroatoms. The molecular weight excluding hydrogens is 367 g/mol. The minimum absolute atomic E-state index is 0.0729. The summed E-state index contributed by atoms with van der Waals surface area (Å²) < 4.78 is 16.5. The minimum atomic E-state index is -0.862. The van der Waals surface area contributed by atoms with Gasteiger partial charge >= 0.3 is 0 Å². The van der Waals surface area contributed by atoms with E-state index >= 15 is 0 Å². The molecule has 152 valence electrons. The third-order valence-electron chi connectivity index (χ3n) is 6.22. The molecule has 0 amide bonds. The molecule has 0 radical (unpaired) electrons. The second-order valence-corrected chi connectivity index (χ2v) is 8.26. The number of anilines is 1. The average Bonchev–Trinajstić information content (AvgIpc) is 3.37. The van der Waals surface area contributed by atoms with Gasteiger partial charge in [-0.15, -0.1) is 0 Å². The first-order valence-electron chi connectivity index (χ1n) is 10.5. The Bertz CT molecular complexity index is 1040. The van der Waals surface area contributed by atoms with Crippen molar-refractivity contribution in [2.75, 3.05) is 31.1 Å². The molecule has 2 saturated heterocycles. The van der Waals surface area contributed by atoms with Gasteiger partial charge in [0.25, 0.3) is 0 Å². The van der Waals surface area contributed by atoms with Crippen molar-refractivity contribution in [3.05, 3.63) is 41.3 Å². The second-order valence-electron chi connectivity index (χ2n) is 8.26. The van der Waals surface area contributed by atoms with Gasteiger partial charge in [0.2, 0.25) is 0 Å². The molecule has 2 fully saturated rings. The fourth-order valence-electron chi connectivity index (χ4n) is 4.71. The van der Waals surface area contributed by atoms with Gasteiger partial charge < -0.3 is 10.2 Å². The summed E-state index contributed by atoms with van der Waals surface area (Å²) >= 11 is 0. The van der Waals surface area contributed by atoms with E-state index in [1.807, 2.05) is 23.9 Å². The molecule has 6 nitrogen and oxygen atoms in total. The van der Waals surface area contributed by atoms with Crippen LogP contribution in [0, 0.1) is 13.8 Å². The van der Waals surface area contributed by atoms with Gasteiger partial charge in [-0.2, -0.15) is 5.10 Å². The standard InChI is InChI=1S/C22H27FN6/c1-14-9-16-12-25-29(20(16)10-18(14)17-5-6-24-13-19(17)23)22-11-21(26-15(2)27-22)28-7-3-4-8-28/h9-12,17,19,24H,3-8,13H2,1-2H3/t17-,19-/m1/s1. The third-order valence-corrected chi connectivity index (χ3v) is 6.22. The Balaban J connectivity index is 1.60. The highest BCUT2D eigenvalue weighted by atomic mass is 19.1. The number of benzene rings is 1. The normalized spacial score (nSPS) is 22.5. The number of aromatic nitrogens is 4. The van der Waals surface area contributed by atoms with Crippen molar-refractivity contribution in [3.63, 3.8) is 0 Å². The van der Waals surface area contributed by atoms with Crippen molar-refractivity contribution in [2.45, 2.75) is 45.2 Å². The van der Waals surface area contributed by atoms with E-state index in [2.05, 4.69) is 44.3 Å². The van der Waals surface area contributed by atoms with E-state index in [1.54, 1.807) is 0 Å². The van der Waals surface area contributed by atoms with Crippen LogP contribution in [0.3, 0.4) is 0 Å². The van der Waals surface area contributed by atoms with Gasteiger partial charge in [-0.05, 0) is 62.9 Å². The van der Waals surface area contributed by atoms with Crippen LogP contribution < -0.4 is 10.2 Å². The molecule has 0 spiro atoms. The Kier molecular flexibility index (Phi) is 4.70. The number of nitrogens with one attached hydrogen (secondary N) is 1. The Morgan fingerprint density at radius 2 is 1.86 bits per heavy atom. The largest absolute Gasteiger partial charge is 0.356 e. The fraction of sp³-hybridized carbons (Fsp3) is 0.500. The maximum absolute atomic E-state index is 14.6. The maximum atomic E-state index is 14.6. The zero-order chi connectivity index (χ0) is 20.0. The van der Waals surface area contributed by atoms with Gasteiger partial charge in [0.15, 0.2) is 5.82 Å². The number of nitrogens with zero attached hydrogens (tertiary/aromatic N) is 5. The molecule has 2 atom stereocenters. The smallest absolute Gasteiger partial charge is 0.159 e. The van der Waals surface area contributed by atoms with Crippen LogP contribution in [-0.4, -0.2) is 52.1 Å². The Hall–Kier alpha value is -2.54. The van der Waals surface area contributed by atoms with E-state index in [4.69, 9.17) is 0 Å². The molecule has 29 heavy (non-hydrogen) atoms. The monoisotopic (exact) mass is 394 g/mol. The molecule has 1 aromatic carbocycles. The Morgan fingerprint density at radius 3 is 2.66 bits per heavy atom. The average molecular weight is 394 g/mol. The Labute approximate surface area is 170 Å². The van der Waals surface area contributed by atoms with Crippen molar-refractivity contribution in [1.29, 1.82) is 0 Å². The molecule has 0 aliphatic carbocycles. The molecule has 0 bridgehead atoms. The topological polar surface area (TPSA) is 58.9 Å². The first kappa shape index (κ1) is 18.5. The van der Waals surface area contributed by atoms with Crippen molar-refractivity contribution >= 4 is 16.7 Å². The lowest BCUT2D eigenvalue weighted by molar-refractivity contribution is 0.231. The van der Waals surface area contributed by atoms with Gasteiger partial charge in [0.1, 0.15) is 17.8 Å². The first-order valence-corrected chi connectivity index (χ1v) is 10.5. The molecule has 4 heterocycles. The summed E-state index contributed by atoms with van der Waals surface area (Å²) in [7, 11) is 0. The lowest BCUT2D eigenvalue weighted by Gasteiger charge is -2.28. The summed E-state index contributed by atoms with van der Waals surface area (Å²) in [4.78, 5) is 11.6. The summed E-state index contributed by atoms with van der Waals surface area (Å²) in [5.74, 6) is 2.40. The van der Waals surface area contributed by atoms with Crippen LogP contribution in [0.15, 0.2) is 24.4 Å². The molecule has 3 aromatic rings. The number of hydrogen-bond acceptors (Lipinski definition) is 5. The van der Waals surface area contributed by atoms with Crippen LogP contribution >= 0.6 is 0 Å². The predicted molar refractivity (Wildman–Crippen MR) is 113 cm³/mol. The van der Waals surface area contributed by atoms with Gasteiger partial charge in [-0.1, -0.05) is 0 Å². The van der Waals surface area contributed by atoms with Gasteiger partial charge in [0, 0.05) is 37.0 Å². The summed E-state index contributed by atoms with van der Waals surface area (Å²) in [5.41, 5.74) is 3.18. The van der Waals surface area contributed by atoms with E-state index < -0.39 is 6.17 Å². The minimum Gasteiger partial charge on any atom is -0.356 e. The van der Waals surface area contributed by atoms with Crippen LogP contribution in [0.5, 0.6) is 0 Å². The van der Waals surface area contributed by atoms with Crippen LogP contribution in [0.4, 0.5) is 10.2 Å². The number of halogens is 1. The molecule has 0 unspecified atom stereocenters. The summed E-state index contributed by atoms with van der Waals surface area (Å²) in [6.07, 6.45) is 4.22. The van der Waals surface area contributed by atoms with E-state index in [9.17, 15) is 4.39 Å². The quantitative estimate of drug-likeness (QED) is 0.737. The van der Waals surface area contributed by atoms with Crippen LogP contribution in [0.1, 0.15) is 42.1 Å². The van der Waals surface area contributed by atoms with Crippen LogP contribution in [-0.2, 0) is 0 Å². The van der Waals surface area contributed by atoms with E-state index in [-0.39, 0.29) is 5.92 Å². The second kappa shape index (κ2) is 7.37. The molecule has 2 aliphatic heterocycles. The van der Waals surface area contributed by atoms with E-state index in [0.29, 0.717) is 6.54 Å². The molecule has 2 aliphatic rings. The lowest BCUT2D eigenvalue weighted by Crippen LogP contribution is -2.36. The van der Waals surface area contributed by atoms with Gasteiger partial charge in [-0.25, -0.2) is 19.0 Å². The zero-order valence-corrected chi connectivity index (χ0v) is 17.0. The SMILES string of the molecule is Cc1nc(N2CCCC2)cc(-n2ncc3cc(C)c([C@H]4CCNC[C@H]4F)cc32)n1. The van der Waals surface area contributed by atoms with Crippen molar-refractivity contribution < 1.29 is 4.39 Å². The molecule has 5 rings (SSSR count). The van der Waals surface area contributed by atoms with Crippen molar-refractivity contribution in [2.24, 2.45) is 0 Å². The predicted octanol–water partition coefficient (Wildman–Crippen LogP) is 3.45. The lowest BCUT2D eigenvalue weighted by atomic mass is 9.85. The highest BCUT2D eigenvalue weighted by Gasteiger charge is 2.28. The van der Waals surface area contributed by atoms with Crippen molar-refractivity contribution in [1.82, 2.24) is 25.1 Å². The van der Waals surface area contributed by atoms with E-state index in [0.717, 1.165) is 65.5 Å². The Morgan fingerprint density at radius 1 is 1.07 bits per heavy atom. The van der Waals surface area contributed by atoms with Gasteiger partial charge in [0.05, 0.1) is 11.7 Å². The maximum Gasteiger partial charge on any atom is 0.159 e. The first-order chi connectivity index (χ1) is 14.1. The number of fused-ring (bicyclic) bond motifs is 1. The number of rotatable bonds is 3. The highest BCUT2D eigenvalue weighted by molar-refractivity contribution is 5.82. The van der Waals surface area contributed by atoms with Crippen LogP contribution in [0.2, 0.25) is 0 Å². The summed E-state index contributed by atoms with van der Waals surface area (Å²) in [6, 6.07) is 6.26. The highest BCUT2D eigenvalue weighted by Crippen LogP contribution is 2.33. The van der Waals surface area contributed by atoms with E-state index in [1.165, 1.54) is 12.8 Å². The third kappa shape index (κ3) is 3.37. The van der Waals surface area contributed by atoms with Gasteiger partial charge in [-0.3, -0.25) is 0 Å². The fourth-order valence-corrected chi connectivity index (χ4v) is 4.71. The summed E-state index contributed by atoms with van der Waals surface area (Å²) in [6.45, 7) is 7.34. The zero-order valence-electron chi connectivity index (χ0n) is 17.0. The molecule has 1 N–H and O–H groups in total. The number of piperidine rings is 1. The van der Waals surface area contributed by atoms with Crippen molar-refractivity contribution in [3.8, 4) is 5.82 Å².